The third-order valence-electron chi connectivity index (χ3n) is 2.53. The second kappa shape index (κ2) is 5.94. The Balaban J connectivity index is 0.00000128. The van der Waals surface area contributed by atoms with Crippen molar-refractivity contribution in [3.8, 4) is 11.5 Å². The Morgan fingerprint density at radius 2 is 2.31 bits per heavy atom. The van der Waals surface area contributed by atoms with Gasteiger partial charge in [-0.15, -0.1) is 12.4 Å². The SMILES string of the molecule is COc1ccc([C@H]2COCCN2)cc1O.Cl. The summed E-state index contributed by atoms with van der Waals surface area (Å²) >= 11 is 0. The molecule has 0 amide bonds. The number of halogens is 1. The molecule has 1 atom stereocenters. The number of phenols is 1. The largest absolute Gasteiger partial charge is 0.504 e. The van der Waals surface area contributed by atoms with Crippen LogP contribution in [0.4, 0.5) is 0 Å². The summed E-state index contributed by atoms with van der Waals surface area (Å²) in [6.07, 6.45) is 0. The number of rotatable bonds is 2. The van der Waals surface area contributed by atoms with E-state index in [2.05, 4.69) is 5.32 Å². The number of hydrogen-bond acceptors (Lipinski definition) is 4. The third-order valence-corrected chi connectivity index (χ3v) is 2.53. The summed E-state index contributed by atoms with van der Waals surface area (Å²) in [7, 11) is 1.54. The smallest absolute Gasteiger partial charge is 0.160 e. The summed E-state index contributed by atoms with van der Waals surface area (Å²) in [5.41, 5.74) is 1.02. The molecule has 1 aromatic carbocycles. The van der Waals surface area contributed by atoms with Crippen LogP contribution < -0.4 is 10.1 Å². The van der Waals surface area contributed by atoms with E-state index < -0.39 is 0 Å². The molecule has 4 nitrogen and oxygen atoms in total. The highest BCUT2D eigenvalue weighted by Gasteiger charge is 2.16. The van der Waals surface area contributed by atoms with Crippen molar-refractivity contribution in [2.45, 2.75) is 6.04 Å². The van der Waals surface area contributed by atoms with Gasteiger partial charge < -0.3 is 19.9 Å². The summed E-state index contributed by atoms with van der Waals surface area (Å²) in [5, 5.41) is 13.0. The zero-order chi connectivity index (χ0) is 10.7. The second-order valence-corrected chi connectivity index (χ2v) is 3.51. The van der Waals surface area contributed by atoms with Crippen LogP contribution in [-0.4, -0.2) is 32.0 Å². The molecule has 90 valence electrons. The molecule has 16 heavy (non-hydrogen) atoms. The Kier molecular flexibility index (Phi) is 4.86. The van der Waals surface area contributed by atoms with Gasteiger partial charge in [0.05, 0.1) is 26.4 Å². The topological polar surface area (TPSA) is 50.7 Å². The molecule has 0 aliphatic carbocycles. The summed E-state index contributed by atoms with van der Waals surface area (Å²) in [5.74, 6) is 0.665. The monoisotopic (exact) mass is 245 g/mol. The highest BCUT2D eigenvalue weighted by atomic mass is 35.5. The maximum atomic E-state index is 9.63. The van der Waals surface area contributed by atoms with Crippen molar-refractivity contribution in [2.75, 3.05) is 26.9 Å². The minimum absolute atomic E-state index is 0. The van der Waals surface area contributed by atoms with Crippen molar-refractivity contribution in [3.63, 3.8) is 0 Å². The van der Waals surface area contributed by atoms with Gasteiger partial charge in [-0.2, -0.15) is 0 Å². The van der Waals surface area contributed by atoms with E-state index in [-0.39, 0.29) is 24.2 Å². The quantitative estimate of drug-likeness (QED) is 0.829. The second-order valence-electron chi connectivity index (χ2n) is 3.51. The van der Waals surface area contributed by atoms with Gasteiger partial charge >= 0.3 is 0 Å². The molecule has 0 bridgehead atoms. The number of methoxy groups -OCH3 is 1. The van der Waals surface area contributed by atoms with Crippen LogP contribution in [-0.2, 0) is 4.74 Å². The molecule has 2 rings (SSSR count). The predicted molar refractivity (Wildman–Crippen MR) is 63.5 cm³/mol. The number of nitrogens with one attached hydrogen (secondary N) is 1. The molecular weight excluding hydrogens is 230 g/mol. The summed E-state index contributed by atoms with van der Waals surface area (Å²) in [4.78, 5) is 0. The summed E-state index contributed by atoms with van der Waals surface area (Å²) < 4.78 is 10.3. The van der Waals surface area contributed by atoms with Gasteiger partial charge in [0, 0.05) is 6.54 Å². The zero-order valence-electron chi connectivity index (χ0n) is 9.10. The maximum Gasteiger partial charge on any atom is 0.160 e. The lowest BCUT2D eigenvalue weighted by molar-refractivity contribution is 0.0768. The number of aromatic hydroxyl groups is 1. The third kappa shape index (κ3) is 2.78. The molecule has 1 aromatic rings. The van der Waals surface area contributed by atoms with Crippen LogP contribution in [0.5, 0.6) is 11.5 Å². The van der Waals surface area contributed by atoms with Gasteiger partial charge in [0.1, 0.15) is 0 Å². The van der Waals surface area contributed by atoms with Crippen molar-refractivity contribution in [1.82, 2.24) is 5.32 Å². The van der Waals surface area contributed by atoms with Crippen molar-refractivity contribution < 1.29 is 14.6 Å². The first-order chi connectivity index (χ1) is 7.31. The van der Waals surface area contributed by atoms with Crippen molar-refractivity contribution in [3.05, 3.63) is 23.8 Å². The number of hydrogen-bond donors (Lipinski definition) is 2. The first kappa shape index (κ1) is 13.1. The first-order valence-electron chi connectivity index (χ1n) is 4.99. The predicted octanol–water partition coefficient (Wildman–Crippen LogP) is 1.48. The van der Waals surface area contributed by atoms with E-state index >= 15 is 0 Å². The molecule has 0 saturated carbocycles. The fourth-order valence-electron chi connectivity index (χ4n) is 1.70. The van der Waals surface area contributed by atoms with Gasteiger partial charge in [0.25, 0.3) is 0 Å². The van der Waals surface area contributed by atoms with Gasteiger partial charge in [0.2, 0.25) is 0 Å². The van der Waals surface area contributed by atoms with E-state index in [0.717, 1.165) is 18.7 Å². The summed E-state index contributed by atoms with van der Waals surface area (Å²) in [6.45, 7) is 2.24. The summed E-state index contributed by atoms with van der Waals surface area (Å²) in [6, 6.07) is 5.58. The lowest BCUT2D eigenvalue weighted by Crippen LogP contribution is -2.34. The molecule has 1 aliphatic rings. The molecular formula is C11H16ClNO3. The molecule has 0 radical (unpaired) electrons. The van der Waals surface area contributed by atoms with Gasteiger partial charge in [-0.1, -0.05) is 6.07 Å². The molecule has 0 spiro atoms. The van der Waals surface area contributed by atoms with Crippen LogP contribution in [0.15, 0.2) is 18.2 Å². The minimum atomic E-state index is 0. The molecule has 1 fully saturated rings. The average molecular weight is 246 g/mol. The van der Waals surface area contributed by atoms with Crippen LogP contribution in [0, 0.1) is 0 Å². The highest BCUT2D eigenvalue weighted by Crippen LogP contribution is 2.29. The first-order valence-corrected chi connectivity index (χ1v) is 4.99. The van der Waals surface area contributed by atoms with Crippen LogP contribution in [0.3, 0.4) is 0 Å². The lowest BCUT2D eigenvalue weighted by Gasteiger charge is -2.24. The number of benzene rings is 1. The van der Waals surface area contributed by atoms with Crippen LogP contribution in [0.2, 0.25) is 0 Å². The Labute approximate surface area is 101 Å². The van der Waals surface area contributed by atoms with Gasteiger partial charge in [0.15, 0.2) is 11.5 Å². The van der Waals surface area contributed by atoms with Crippen molar-refractivity contribution >= 4 is 12.4 Å². The molecule has 0 unspecified atom stereocenters. The molecule has 1 heterocycles. The van der Waals surface area contributed by atoms with Crippen LogP contribution in [0.25, 0.3) is 0 Å². The molecule has 2 N–H and O–H groups in total. The van der Waals surface area contributed by atoms with Crippen molar-refractivity contribution in [2.24, 2.45) is 0 Å². The van der Waals surface area contributed by atoms with Gasteiger partial charge in [-0.25, -0.2) is 0 Å². The van der Waals surface area contributed by atoms with E-state index in [1.54, 1.807) is 12.1 Å². The lowest BCUT2D eigenvalue weighted by atomic mass is 10.1. The number of phenolic OH excluding ortho intramolecular Hbond substituents is 1. The Morgan fingerprint density at radius 1 is 1.50 bits per heavy atom. The fourth-order valence-corrected chi connectivity index (χ4v) is 1.70. The Bertz CT molecular complexity index is 340. The van der Waals surface area contributed by atoms with Crippen molar-refractivity contribution in [1.29, 1.82) is 0 Å². The van der Waals surface area contributed by atoms with Crippen LogP contribution >= 0.6 is 12.4 Å². The van der Waals surface area contributed by atoms with E-state index in [1.807, 2.05) is 6.07 Å². The normalized spacial score (nSPS) is 19.9. The number of ether oxygens (including phenoxy) is 2. The number of morpholine rings is 1. The highest BCUT2D eigenvalue weighted by molar-refractivity contribution is 5.85. The Morgan fingerprint density at radius 3 is 2.88 bits per heavy atom. The molecule has 1 aliphatic heterocycles. The van der Waals surface area contributed by atoms with E-state index in [0.29, 0.717) is 12.4 Å². The van der Waals surface area contributed by atoms with E-state index in [1.165, 1.54) is 7.11 Å². The zero-order valence-corrected chi connectivity index (χ0v) is 9.92. The van der Waals surface area contributed by atoms with Gasteiger partial charge in [-0.05, 0) is 17.7 Å². The molecule has 0 aromatic heterocycles. The standard InChI is InChI=1S/C11H15NO3.ClH/c1-14-11-3-2-8(6-10(11)13)9-7-15-5-4-12-9;/h2-3,6,9,12-13H,4-5,7H2,1H3;1H/t9-;/m1./s1. The fraction of sp³-hybridized carbons (Fsp3) is 0.455. The molecule has 5 heteroatoms. The Hall–Kier alpha value is -0.970. The van der Waals surface area contributed by atoms with Gasteiger partial charge in [-0.3, -0.25) is 0 Å². The van der Waals surface area contributed by atoms with E-state index in [4.69, 9.17) is 9.47 Å². The van der Waals surface area contributed by atoms with E-state index in [9.17, 15) is 5.11 Å². The average Bonchev–Trinajstić information content (AvgIpc) is 2.30. The van der Waals surface area contributed by atoms with Crippen LogP contribution in [0.1, 0.15) is 11.6 Å². The maximum absolute atomic E-state index is 9.63. The molecule has 1 saturated heterocycles. The minimum Gasteiger partial charge on any atom is -0.504 e.